The molecular formula is C13H18ClN5. The van der Waals surface area contributed by atoms with Gasteiger partial charge in [-0.1, -0.05) is 31.9 Å². The minimum Gasteiger partial charge on any atom is -0.398 e. The molecule has 0 bridgehead atoms. The van der Waals surface area contributed by atoms with Crippen molar-refractivity contribution in [1.82, 2.24) is 20.2 Å². The molecule has 0 amide bonds. The van der Waals surface area contributed by atoms with Crippen LogP contribution < -0.4 is 5.73 Å². The molecule has 2 unspecified atom stereocenters. The highest BCUT2D eigenvalue weighted by Gasteiger charge is 2.20. The van der Waals surface area contributed by atoms with Crippen molar-refractivity contribution in [2.45, 2.75) is 33.2 Å². The Balaban J connectivity index is 2.44. The van der Waals surface area contributed by atoms with Gasteiger partial charge >= 0.3 is 0 Å². The number of hydrogen-bond acceptors (Lipinski definition) is 4. The Kier molecular flexibility index (Phi) is 4.04. The molecule has 2 N–H and O–H groups in total. The second kappa shape index (κ2) is 5.57. The Bertz CT molecular complexity index is 566. The lowest BCUT2D eigenvalue weighted by Gasteiger charge is -2.19. The lowest BCUT2D eigenvalue weighted by Crippen LogP contribution is -2.16. The lowest BCUT2D eigenvalue weighted by molar-refractivity contribution is 0.340. The minimum absolute atomic E-state index is 0.213. The van der Waals surface area contributed by atoms with Crippen LogP contribution in [0.25, 0.3) is 11.4 Å². The number of aromatic nitrogens is 4. The van der Waals surface area contributed by atoms with Crippen LogP contribution in [0.2, 0.25) is 5.02 Å². The zero-order chi connectivity index (χ0) is 14.0. The summed E-state index contributed by atoms with van der Waals surface area (Å²) < 4.78 is 1.83. The van der Waals surface area contributed by atoms with E-state index in [9.17, 15) is 0 Å². The van der Waals surface area contributed by atoms with E-state index in [1.54, 1.807) is 12.1 Å². The van der Waals surface area contributed by atoms with Crippen LogP contribution in [0, 0.1) is 5.92 Å². The summed E-state index contributed by atoms with van der Waals surface area (Å²) >= 11 is 5.92. The Morgan fingerprint density at radius 2 is 2.11 bits per heavy atom. The largest absolute Gasteiger partial charge is 0.398 e. The van der Waals surface area contributed by atoms with Gasteiger partial charge in [-0.15, -0.1) is 5.10 Å². The number of nitrogens with zero attached hydrogens (tertiary/aromatic N) is 4. The molecule has 5 nitrogen and oxygen atoms in total. The summed E-state index contributed by atoms with van der Waals surface area (Å²) in [6.07, 6.45) is 1.07. The van der Waals surface area contributed by atoms with Crippen LogP contribution in [0.3, 0.4) is 0 Å². The topological polar surface area (TPSA) is 69.6 Å². The monoisotopic (exact) mass is 279 g/mol. The zero-order valence-electron chi connectivity index (χ0n) is 11.3. The second-order valence-electron chi connectivity index (χ2n) is 4.80. The molecule has 1 aromatic carbocycles. The molecular weight excluding hydrogens is 262 g/mol. The van der Waals surface area contributed by atoms with Gasteiger partial charge in [0.15, 0.2) is 5.82 Å². The van der Waals surface area contributed by atoms with Crippen molar-refractivity contribution in [3.63, 3.8) is 0 Å². The van der Waals surface area contributed by atoms with Gasteiger partial charge in [0, 0.05) is 16.3 Å². The first kappa shape index (κ1) is 13.8. The van der Waals surface area contributed by atoms with Crippen molar-refractivity contribution in [2.24, 2.45) is 5.92 Å². The van der Waals surface area contributed by atoms with Gasteiger partial charge in [0.2, 0.25) is 0 Å². The summed E-state index contributed by atoms with van der Waals surface area (Å²) in [5, 5.41) is 12.6. The van der Waals surface area contributed by atoms with Gasteiger partial charge in [-0.25, -0.2) is 4.68 Å². The smallest absolute Gasteiger partial charge is 0.184 e. The van der Waals surface area contributed by atoms with E-state index >= 15 is 0 Å². The summed E-state index contributed by atoms with van der Waals surface area (Å²) in [5.74, 6) is 1.16. The zero-order valence-corrected chi connectivity index (χ0v) is 12.1. The maximum Gasteiger partial charge on any atom is 0.184 e. The molecule has 0 radical (unpaired) electrons. The van der Waals surface area contributed by atoms with Crippen molar-refractivity contribution in [3.8, 4) is 11.4 Å². The summed E-state index contributed by atoms with van der Waals surface area (Å²) in [6, 6.07) is 5.57. The third kappa shape index (κ3) is 2.71. The van der Waals surface area contributed by atoms with Crippen LogP contribution in [0.1, 0.15) is 33.2 Å². The molecule has 2 aromatic rings. The molecule has 0 spiro atoms. The molecule has 0 aliphatic rings. The first-order valence-corrected chi connectivity index (χ1v) is 6.75. The van der Waals surface area contributed by atoms with E-state index in [0.717, 1.165) is 12.0 Å². The van der Waals surface area contributed by atoms with E-state index in [2.05, 4.69) is 36.3 Å². The maximum absolute atomic E-state index is 6.00. The van der Waals surface area contributed by atoms with Gasteiger partial charge in [0.05, 0.1) is 6.04 Å². The summed E-state index contributed by atoms with van der Waals surface area (Å²) in [4.78, 5) is 0. The third-order valence-corrected chi connectivity index (χ3v) is 3.84. The summed E-state index contributed by atoms with van der Waals surface area (Å²) in [5.41, 5.74) is 7.39. The minimum atomic E-state index is 0.213. The van der Waals surface area contributed by atoms with Crippen LogP contribution in [-0.4, -0.2) is 20.2 Å². The molecule has 0 saturated carbocycles. The van der Waals surface area contributed by atoms with Gasteiger partial charge in [-0.2, -0.15) is 0 Å². The SMILES string of the molecule is CCC(C)C(C)n1nnnc1-c1ccc(Cl)cc1N. The van der Waals surface area contributed by atoms with E-state index in [1.165, 1.54) is 0 Å². The highest BCUT2D eigenvalue weighted by molar-refractivity contribution is 6.31. The van der Waals surface area contributed by atoms with Crippen LogP contribution >= 0.6 is 11.6 Å². The van der Waals surface area contributed by atoms with E-state index in [4.69, 9.17) is 17.3 Å². The number of anilines is 1. The second-order valence-corrected chi connectivity index (χ2v) is 5.24. The Hall–Kier alpha value is -1.62. The van der Waals surface area contributed by atoms with Gasteiger partial charge in [-0.05, 0) is 41.5 Å². The fourth-order valence-corrected chi connectivity index (χ4v) is 2.15. The molecule has 2 atom stereocenters. The van der Waals surface area contributed by atoms with Crippen LogP contribution in [-0.2, 0) is 0 Å². The number of hydrogen-bond donors (Lipinski definition) is 1. The van der Waals surface area contributed by atoms with Crippen LogP contribution in [0.15, 0.2) is 18.2 Å². The summed E-state index contributed by atoms with van der Waals surface area (Å²) in [6.45, 7) is 6.45. The average Bonchev–Trinajstić information content (AvgIpc) is 2.86. The first-order chi connectivity index (χ1) is 9.04. The van der Waals surface area contributed by atoms with Gasteiger partial charge in [-0.3, -0.25) is 0 Å². The number of halogens is 1. The van der Waals surface area contributed by atoms with E-state index < -0.39 is 0 Å². The summed E-state index contributed by atoms with van der Waals surface area (Å²) in [7, 11) is 0. The lowest BCUT2D eigenvalue weighted by atomic mass is 10.0. The van der Waals surface area contributed by atoms with Crippen LogP contribution in [0.5, 0.6) is 0 Å². The maximum atomic E-state index is 6.00. The Morgan fingerprint density at radius 1 is 1.37 bits per heavy atom. The number of nitrogen functional groups attached to an aromatic ring is 1. The quantitative estimate of drug-likeness (QED) is 0.873. The molecule has 0 aliphatic carbocycles. The standard InChI is InChI=1S/C13H18ClN5/c1-4-8(2)9(3)19-13(16-17-18-19)11-6-5-10(14)7-12(11)15/h5-9H,4,15H2,1-3H3. The van der Waals surface area contributed by atoms with Crippen molar-refractivity contribution in [1.29, 1.82) is 0 Å². The molecule has 1 aromatic heterocycles. The normalized spacial score (nSPS) is 14.3. The Labute approximate surface area is 117 Å². The predicted molar refractivity (Wildman–Crippen MR) is 76.8 cm³/mol. The number of rotatable bonds is 4. The van der Waals surface area contributed by atoms with E-state index in [-0.39, 0.29) is 6.04 Å². The van der Waals surface area contributed by atoms with Gasteiger partial charge in [0.1, 0.15) is 0 Å². The number of benzene rings is 1. The van der Waals surface area contributed by atoms with Gasteiger partial charge < -0.3 is 5.73 Å². The van der Waals surface area contributed by atoms with E-state index in [0.29, 0.717) is 22.5 Å². The highest BCUT2D eigenvalue weighted by Crippen LogP contribution is 2.30. The van der Waals surface area contributed by atoms with Crippen molar-refractivity contribution in [3.05, 3.63) is 23.2 Å². The fraction of sp³-hybridized carbons (Fsp3) is 0.462. The van der Waals surface area contributed by atoms with Crippen molar-refractivity contribution >= 4 is 17.3 Å². The van der Waals surface area contributed by atoms with E-state index in [1.807, 2.05) is 10.7 Å². The fourth-order valence-electron chi connectivity index (χ4n) is 1.96. The molecule has 0 aliphatic heterocycles. The van der Waals surface area contributed by atoms with Crippen molar-refractivity contribution in [2.75, 3.05) is 5.73 Å². The molecule has 102 valence electrons. The molecule has 0 fully saturated rings. The molecule has 0 saturated heterocycles. The van der Waals surface area contributed by atoms with Crippen molar-refractivity contribution < 1.29 is 0 Å². The number of nitrogens with two attached hydrogens (primary N) is 1. The number of tetrazole rings is 1. The Morgan fingerprint density at radius 3 is 2.74 bits per heavy atom. The van der Waals surface area contributed by atoms with Gasteiger partial charge in [0.25, 0.3) is 0 Å². The van der Waals surface area contributed by atoms with Crippen LogP contribution in [0.4, 0.5) is 5.69 Å². The molecule has 2 rings (SSSR count). The molecule has 1 heterocycles. The first-order valence-electron chi connectivity index (χ1n) is 6.37. The molecule has 6 heteroatoms. The highest BCUT2D eigenvalue weighted by atomic mass is 35.5. The molecule has 19 heavy (non-hydrogen) atoms. The average molecular weight is 280 g/mol. The predicted octanol–water partition coefficient (Wildman–Crippen LogP) is 3.18. The third-order valence-electron chi connectivity index (χ3n) is 3.60.